The summed E-state index contributed by atoms with van der Waals surface area (Å²) >= 11 is 1.60. The van der Waals surface area contributed by atoms with Gasteiger partial charge in [-0.1, -0.05) is 36.8 Å². The molecule has 16 heavy (non-hydrogen) atoms. The molecule has 0 aliphatic carbocycles. The summed E-state index contributed by atoms with van der Waals surface area (Å²) in [6.07, 6.45) is 1.41. The Bertz CT molecular complexity index is 365. The zero-order chi connectivity index (χ0) is 12.0. The fourth-order valence-corrected chi connectivity index (χ4v) is 2.01. The number of Topliss-reactive ketones (excluding diaryl/α,β-unsaturated/α-hetero) is 1. The van der Waals surface area contributed by atoms with E-state index in [1.807, 2.05) is 6.92 Å². The highest BCUT2D eigenvalue weighted by Crippen LogP contribution is 2.19. The third kappa shape index (κ3) is 4.67. The lowest BCUT2D eigenvalue weighted by atomic mass is 10.1. The van der Waals surface area contributed by atoms with Crippen molar-refractivity contribution in [2.75, 3.05) is 5.75 Å². The van der Waals surface area contributed by atoms with Crippen LogP contribution in [0.1, 0.15) is 25.3 Å². The summed E-state index contributed by atoms with van der Waals surface area (Å²) in [7, 11) is 0. The van der Waals surface area contributed by atoms with Crippen LogP contribution in [0.3, 0.4) is 0 Å². The number of thioether (sulfide) groups is 1. The lowest BCUT2D eigenvalue weighted by Crippen LogP contribution is -2.02. The summed E-state index contributed by atoms with van der Waals surface area (Å²) in [6, 6.07) is 8.25. The van der Waals surface area contributed by atoms with Crippen molar-refractivity contribution >= 4 is 17.5 Å². The molecule has 0 radical (unpaired) electrons. The van der Waals surface area contributed by atoms with Crippen molar-refractivity contribution in [1.82, 2.24) is 0 Å². The lowest BCUT2D eigenvalue weighted by Gasteiger charge is -2.03. The second-order valence-electron chi connectivity index (χ2n) is 3.92. The van der Waals surface area contributed by atoms with Crippen molar-refractivity contribution in [1.29, 1.82) is 0 Å². The number of rotatable bonds is 6. The fourth-order valence-electron chi connectivity index (χ4n) is 1.25. The first-order chi connectivity index (χ1) is 7.61. The van der Waals surface area contributed by atoms with Crippen LogP contribution in [0.25, 0.3) is 0 Å². The van der Waals surface area contributed by atoms with E-state index >= 15 is 0 Å². The summed E-state index contributed by atoms with van der Waals surface area (Å²) in [4.78, 5) is 12.7. The Morgan fingerprint density at radius 3 is 2.50 bits per heavy atom. The number of carbonyl (C=O) groups is 1. The third-order valence-corrected chi connectivity index (χ3v) is 3.44. The van der Waals surface area contributed by atoms with Gasteiger partial charge in [0.05, 0.1) is 5.75 Å². The van der Waals surface area contributed by atoms with Gasteiger partial charge in [0, 0.05) is 11.3 Å². The monoisotopic (exact) mass is 234 g/mol. The minimum absolute atomic E-state index is 0.262. The van der Waals surface area contributed by atoms with Crippen LogP contribution in [0.2, 0.25) is 0 Å². The standard InChI is InChI=1S/C14H18OS/c1-4-11(2)9-13(15)10-16-14-7-5-12(3)6-8-14/h5-8H,2,4,9-10H2,1,3H3. The normalized spacial score (nSPS) is 10.1. The molecule has 0 fully saturated rings. The van der Waals surface area contributed by atoms with Crippen molar-refractivity contribution in [3.63, 3.8) is 0 Å². The van der Waals surface area contributed by atoms with Gasteiger partial charge in [-0.2, -0.15) is 0 Å². The Kier molecular flexibility index (Phi) is 5.33. The molecule has 1 rings (SSSR count). The molecular formula is C14H18OS. The molecule has 2 heteroatoms. The number of hydrogen-bond acceptors (Lipinski definition) is 2. The van der Waals surface area contributed by atoms with E-state index in [1.165, 1.54) is 5.56 Å². The van der Waals surface area contributed by atoms with Gasteiger partial charge < -0.3 is 0 Å². The summed E-state index contributed by atoms with van der Waals surface area (Å²) in [5, 5.41) is 0. The number of carbonyl (C=O) groups excluding carboxylic acids is 1. The maximum absolute atomic E-state index is 11.6. The van der Waals surface area contributed by atoms with E-state index in [-0.39, 0.29) is 5.78 Å². The Labute approximate surface area is 102 Å². The van der Waals surface area contributed by atoms with Crippen molar-refractivity contribution in [3.8, 4) is 0 Å². The van der Waals surface area contributed by atoms with E-state index in [1.54, 1.807) is 11.8 Å². The highest BCUT2D eigenvalue weighted by molar-refractivity contribution is 8.00. The van der Waals surface area contributed by atoms with Gasteiger partial charge in [0.25, 0.3) is 0 Å². The van der Waals surface area contributed by atoms with E-state index in [2.05, 4.69) is 37.8 Å². The lowest BCUT2D eigenvalue weighted by molar-refractivity contribution is -0.116. The minimum atomic E-state index is 0.262. The molecule has 1 aromatic carbocycles. The Morgan fingerprint density at radius 2 is 1.94 bits per heavy atom. The van der Waals surface area contributed by atoms with Crippen molar-refractivity contribution in [3.05, 3.63) is 42.0 Å². The molecule has 0 amide bonds. The molecule has 86 valence electrons. The highest BCUT2D eigenvalue weighted by atomic mass is 32.2. The number of allylic oxidation sites excluding steroid dienone is 1. The van der Waals surface area contributed by atoms with E-state index in [0.29, 0.717) is 12.2 Å². The number of hydrogen-bond donors (Lipinski definition) is 0. The van der Waals surface area contributed by atoms with Crippen molar-refractivity contribution < 1.29 is 4.79 Å². The average molecular weight is 234 g/mol. The molecule has 0 saturated carbocycles. The Balaban J connectivity index is 2.37. The van der Waals surface area contributed by atoms with E-state index in [0.717, 1.165) is 16.9 Å². The zero-order valence-electron chi connectivity index (χ0n) is 9.95. The van der Waals surface area contributed by atoms with E-state index < -0.39 is 0 Å². The maximum Gasteiger partial charge on any atom is 0.147 e. The van der Waals surface area contributed by atoms with Gasteiger partial charge in [0.15, 0.2) is 0 Å². The van der Waals surface area contributed by atoms with Crippen LogP contribution in [-0.4, -0.2) is 11.5 Å². The molecule has 1 aromatic rings. The van der Waals surface area contributed by atoms with Gasteiger partial charge in [-0.05, 0) is 25.5 Å². The van der Waals surface area contributed by atoms with Gasteiger partial charge >= 0.3 is 0 Å². The zero-order valence-corrected chi connectivity index (χ0v) is 10.8. The first kappa shape index (κ1) is 13.0. The molecule has 0 spiro atoms. The molecule has 0 N–H and O–H groups in total. The smallest absolute Gasteiger partial charge is 0.147 e. The molecule has 0 heterocycles. The molecule has 0 aromatic heterocycles. The van der Waals surface area contributed by atoms with Crippen LogP contribution >= 0.6 is 11.8 Å². The third-order valence-electron chi connectivity index (χ3n) is 2.37. The largest absolute Gasteiger partial charge is 0.298 e. The van der Waals surface area contributed by atoms with Crippen LogP contribution < -0.4 is 0 Å². The second kappa shape index (κ2) is 6.54. The van der Waals surface area contributed by atoms with Gasteiger partial charge in [-0.25, -0.2) is 0 Å². The first-order valence-electron chi connectivity index (χ1n) is 5.49. The van der Waals surface area contributed by atoms with Gasteiger partial charge in [0.2, 0.25) is 0 Å². The Morgan fingerprint density at radius 1 is 1.31 bits per heavy atom. The predicted molar refractivity (Wildman–Crippen MR) is 71.0 cm³/mol. The van der Waals surface area contributed by atoms with Gasteiger partial charge in [-0.15, -0.1) is 11.8 Å². The van der Waals surface area contributed by atoms with Crippen molar-refractivity contribution in [2.45, 2.75) is 31.6 Å². The van der Waals surface area contributed by atoms with Gasteiger partial charge in [-0.3, -0.25) is 4.79 Å². The van der Waals surface area contributed by atoms with Gasteiger partial charge in [0.1, 0.15) is 5.78 Å². The van der Waals surface area contributed by atoms with Crippen molar-refractivity contribution in [2.24, 2.45) is 0 Å². The SMILES string of the molecule is C=C(CC)CC(=O)CSc1ccc(C)cc1. The maximum atomic E-state index is 11.6. The minimum Gasteiger partial charge on any atom is -0.298 e. The average Bonchev–Trinajstić information content (AvgIpc) is 2.28. The van der Waals surface area contributed by atoms with Crippen LogP contribution in [0.15, 0.2) is 41.3 Å². The quantitative estimate of drug-likeness (QED) is 0.546. The molecule has 0 saturated heterocycles. The molecule has 0 unspecified atom stereocenters. The summed E-state index contributed by atoms with van der Waals surface area (Å²) in [6.45, 7) is 7.94. The molecule has 1 nitrogen and oxygen atoms in total. The summed E-state index contributed by atoms with van der Waals surface area (Å²) < 4.78 is 0. The summed E-state index contributed by atoms with van der Waals surface area (Å²) in [5.41, 5.74) is 2.27. The van der Waals surface area contributed by atoms with E-state index in [4.69, 9.17) is 0 Å². The molecular weight excluding hydrogens is 216 g/mol. The molecule has 0 atom stereocenters. The first-order valence-corrected chi connectivity index (χ1v) is 6.48. The van der Waals surface area contributed by atoms with Crippen LogP contribution in [-0.2, 0) is 4.79 Å². The molecule has 0 aliphatic heterocycles. The topological polar surface area (TPSA) is 17.1 Å². The second-order valence-corrected chi connectivity index (χ2v) is 4.97. The number of ketones is 1. The molecule has 0 aliphatic rings. The highest BCUT2D eigenvalue weighted by Gasteiger charge is 2.04. The Hall–Kier alpha value is -1.02. The predicted octanol–water partition coefficient (Wildman–Crippen LogP) is 4.01. The number of benzene rings is 1. The number of aryl methyl sites for hydroxylation is 1. The fraction of sp³-hybridized carbons (Fsp3) is 0.357. The molecule has 0 bridgehead atoms. The van der Waals surface area contributed by atoms with Crippen LogP contribution in [0, 0.1) is 6.92 Å². The summed E-state index contributed by atoms with van der Waals surface area (Å²) in [5.74, 6) is 0.805. The van der Waals surface area contributed by atoms with Crippen LogP contribution in [0.4, 0.5) is 0 Å². The van der Waals surface area contributed by atoms with E-state index in [9.17, 15) is 4.79 Å². The van der Waals surface area contributed by atoms with Crippen LogP contribution in [0.5, 0.6) is 0 Å².